The maximum Gasteiger partial charge on any atom is 0.0384 e. The molecule has 0 fully saturated rings. The molecule has 164 valence electrons. The Morgan fingerprint density at radius 1 is 0.935 bits per heavy atom. The van der Waals surface area contributed by atoms with E-state index in [9.17, 15) is 0 Å². The van der Waals surface area contributed by atoms with Crippen molar-refractivity contribution in [3.8, 4) is 11.1 Å². The molecule has 5 heteroatoms. The van der Waals surface area contributed by atoms with Gasteiger partial charge in [0.2, 0.25) is 0 Å². The number of benzene rings is 2. The first kappa shape index (κ1) is 30.5. The minimum atomic E-state index is 0. The predicted octanol–water partition coefficient (Wildman–Crippen LogP) is 2.39. The van der Waals surface area contributed by atoms with Crippen molar-refractivity contribution in [1.82, 2.24) is 0 Å². The van der Waals surface area contributed by atoms with Gasteiger partial charge < -0.3 is 24.8 Å². The first-order valence-electron chi connectivity index (χ1n) is 9.91. The predicted molar refractivity (Wildman–Crippen MR) is 127 cm³/mol. The summed E-state index contributed by atoms with van der Waals surface area (Å²) < 4.78 is 0. The fourth-order valence-electron chi connectivity index (χ4n) is 3.23. The Morgan fingerprint density at radius 2 is 1.48 bits per heavy atom. The van der Waals surface area contributed by atoms with E-state index in [-0.39, 0.29) is 30.2 Å². The van der Waals surface area contributed by atoms with E-state index < -0.39 is 0 Å². The number of allylic oxidation sites excluding steroid dienone is 4. The summed E-state index contributed by atoms with van der Waals surface area (Å²) in [6.07, 6.45) is 3.36. The van der Waals surface area contributed by atoms with Crippen molar-refractivity contribution in [3.63, 3.8) is 0 Å². The van der Waals surface area contributed by atoms with Gasteiger partial charge in [0, 0.05) is 5.02 Å². The standard InChI is InChI=1S/C15H10Cl.C9H13.C2H6Si.2ClH.Zr/c16-15-8-4-3-7-14(15)13-10-9-11-5-1-2-6-12(11)13;1-6-5-7(2)9(4)8(6)3;1-3-2;;;/h1-10H;6H,1-4H3;1-2H3;2*1H;/q2*-1;;;;+2/p-2. The molecule has 0 spiro atoms. The summed E-state index contributed by atoms with van der Waals surface area (Å²) in [5, 5.41) is 3.33. The van der Waals surface area contributed by atoms with Gasteiger partial charge in [-0.1, -0.05) is 62.6 Å². The Kier molecular flexibility index (Phi) is 14.4. The van der Waals surface area contributed by atoms with E-state index in [1.54, 1.807) is 23.3 Å². The molecule has 1 aliphatic carbocycles. The first-order valence-corrected chi connectivity index (χ1v) is 16.5. The molecule has 0 N–H and O–H groups in total. The molecule has 3 aromatic rings. The summed E-state index contributed by atoms with van der Waals surface area (Å²) in [6, 6.07) is 20.6. The molecular weight excluding hydrogens is 538 g/mol. The smallest absolute Gasteiger partial charge is 0.0384 e. The van der Waals surface area contributed by atoms with Crippen LogP contribution in [0, 0.1) is 12.0 Å². The number of hydrogen-bond donors (Lipinski definition) is 0. The van der Waals surface area contributed by atoms with Gasteiger partial charge in [-0.15, -0.1) is 53.6 Å². The normalized spacial score (nSPS) is 14.4. The van der Waals surface area contributed by atoms with Gasteiger partial charge in [0.1, 0.15) is 0 Å². The van der Waals surface area contributed by atoms with Gasteiger partial charge in [0.15, 0.2) is 0 Å². The van der Waals surface area contributed by atoms with Crippen LogP contribution < -0.4 is 24.8 Å². The zero-order valence-corrected chi connectivity index (χ0v) is 24.7. The van der Waals surface area contributed by atoms with Crippen molar-refractivity contribution in [2.75, 3.05) is 0 Å². The number of rotatable bonds is 1. The van der Waals surface area contributed by atoms with Gasteiger partial charge in [-0.3, -0.25) is 6.08 Å². The minimum Gasteiger partial charge on any atom is -1.00 e. The SMILES string of the molecule is CC1=[C-]C(C)C(C)=C1C.C[Si](C)=[Zr+2].Clc1ccccc1-c1c[cH-]c2ccccc12.[Cl-].[Cl-]. The van der Waals surface area contributed by atoms with Crippen LogP contribution in [0.25, 0.3) is 21.9 Å². The molecule has 31 heavy (non-hydrogen) atoms. The second kappa shape index (κ2) is 14.6. The Balaban J connectivity index is 0.000000516. The Labute approximate surface area is 220 Å². The fourth-order valence-corrected chi connectivity index (χ4v) is 3.46. The van der Waals surface area contributed by atoms with E-state index in [2.05, 4.69) is 89.3 Å². The molecule has 0 amide bonds. The van der Waals surface area contributed by atoms with Crippen molar-refractivity contribution in [3.05, 3.63) is 88.5 Å². The molecule has 0 radical (unpaired) electrons. The van der Waals surface area contributed by atoms with E-state index in [0.29, 0.717) is 5.92 Å². The van der Waals surface area contributed by atoms with E-state index in [1.165, 1.54) is 33.1 Å². The molecule has 1 unspecified atom stereocenters. The maximum atomic E-state index is 6.22. The third-order valence-corrected chi connectivity index (χ3v) is 5.41. The second-order valence-electron chi connectivity index (χ2n) is 7.61. The summed E-state index contributed by atoms with van der Waals surface area (Å²) in [5.41, 5.74) is 6.77. The minimum absolute atomic E-state index is 0. The molecule has 0 nitrogen and oxygen atoms in total. The fraction of sp³-hybridized carbons (Fsp3) is 0.269. The van der Waals surface area contributed by atoms with Crippen molar-refractivity contribution < 1.29 is 48.1 Å². The van der Waals surface area contributed by atoms with Crippen molar-refractivity contribution in [2.24, 2.45) is 5.92 Å². The zero-order chi connectivity index (χ0) is 21.6. The number of fused-ring (bicyclic) bond motifs is 1. The van der Waals surface area contributed by atoms with E-state index in [1.807, 2.05) is 18.2 Å². The Morgan fingerprint density at radius 3 is 1.97 bits per heavy atom. The summed E-state index contributed by atoms with van der Waals surface area (Å²) >= 11 is 7.95. The molecular formula is C26H29Cl3SiZr-2. The second-order valence-corrected chi connectivity index (χ2v) is 17.4. The molecule has 0 bridgehead atoms. The van der Waals surface area contributed by atoms with E-state index >= 15 is 0 Å². The van der Waals surface area contributed by atoms with Crippen LogP contribution in [0.15, 0.2) is 77.4 Å². The molecule has 4 rings (SSSR count). The summed E-state index contributed by atoms with van der Waals surface area (Å²) in [4.78, 5) is 0. The van der Waals surface area contributed by atoms with E-state index in [4.69, 9.17) is 11.6 Å². The van der Waals surface area contributed by atoms with Gasteiger partial charge >= 0.3 is 41.9 Å². The van der Waals surface area contributed by atoms with Gasteiger partial charge in [-0.05, 0) is 11.6 Å². The molecule has 0 aromatic heterocycles. The molecule has 1 atom stereocenters. The van der Waals surface area contributed by atoms with Crippen molar-refractivity contribution >= 4 is 27.8 Å². The van der Waals surface area contributed by atoms with Gasteiger partial charge in [0.05, 0.1) is 0 Å². The Bertz CT molecular complexity index is 1060. The molecule has 0 aliphatic heterocycles. The molecule has 3 aromatic carbocycles. The average Bonchev–Trinajstić information content (AvgIpc) is 3.19. The van der Waals surface area contributed by atoms with Crippen molar-refractivity contribution in [2.45, 2.75) is 40.8 Å². The van der Waals surface area contributed by atoms with Gasteiger partial charge in [0.25, 0.3) is 0 Å². The van der Waals surface area contributed by atoms with Crippen LogP contribution in [0.5, 0.6) is 0 Å². The van der Waals surface area contributed by atoms with E-state index in [0.717, 1.165) is 10.6 Å². The zero-order valence-electron chi connectivity index (χ0n) is 19.0. The quantitative estimate of drug-likeness (QED) is 0.313. The number of hydrogen-bond acceptors (Lipinski definition) is 0. The summed E-state index contributed by atoms with van der Waals surface area (Å²) in [5.74, 6) is 0.560. The summed E-state index contributed by atoms with van der Waals surface area (Å²) in [6.45, 7) is 13.3. The van der Waals surface area contributed by atoms with Crippen LogP contribution in [0.2, 0.25) is 18.1 Å². The molecule has 0 saturated heterocycles. The topological polar surface area (TPSA) is 0 Å². The van der Waals surface area contributed by atoms with Crippen LogP contribution in [0.4, 0.5) is 0 Å². The number of halogens is 3. The monoisotopic (exact) mass is 564 g/mol. The third-order valence-electron chi connectivity index (χ3n) is 5.08. The van der Waals surface area contributed by atoms with Crippen molar-refractivity contribution in [1.29, 1.82) is 0 Å². The first-order chi connectivity index (χ1) is 13.7. The van der Waals surface area contributed by atoms with Crippen LogP contribution in [-0.4, -0.2) is 5.43 Å². The average molecular weight is 567 g/mol. The van der Waals surface area contributed by atoms with Gasteiger partial charge in [-0.2, -0.15) is 11.1 Å². The maximum absolute atomic E-state index is 6.22. The third kappa shape index (κ3) is 8.75. The largest absolute Gasteiger partial charge is 1.00 e. The Hall–Kier alpha value is -0.500. The van der Waals surface area contributed by atoms with Crippen LogP contribution in [0.3, 0.4) is 0 Å². The molecule has 0 saturated carbocycles. The van der Waals surface area contributed by atoms with Crippen LogP contribution in [-0.2, 0) is 23.3 Å². The molecule has 1 aliphatic rings. The van der Waals surface area contributed by atoms with Crippen LogP contribution >= 0.6 is 11.6 Å². The van der Waals surface area contributed by atoms with Crippen LogP contribution in [0.1, 0.15) is 27.7 Å². The summed E-state index contributed by atoms with van der Waals surface area (Å²) in [7, 11) is 0. The van der Waals surface area contributed by atoms with Gasteiger partial charge in [-0.25, -0.2) is 5.57 Å². The molecule has 0 heterocycles.